The van der Waals surface area contributed by atoms with Crippen molar-refractivity contribution in [2.45, 2.75) is 32.5 Å². The highest BCUT2D eigenvalue weighted by molar-refractivity contribution is 4.85. The summed E-state index contributed by atoms with van der Waals surface area (Å²) in [5, 5.41) is 17.7. The highest BCUT2D eigenvalue weighted by atomic mass is 16.3. The van der Waals surface area contributed by atoms with E-state index < -0.39 is 12.2 Å². The van der Waals surface area contributed by atoms with E-state index in [4.69, 9.17) is 10.2 Å². The Morgan fingerprint density at radius 2 is 2.00 bits per heavy atom. The summed E-state index contributed by atoms with van der Waals surface area (Å²) < 4.78 is 0. The van der Waals surface area contributed by atoms with Gasteiger partial charge in [0.2, 0.25) is 0 Å². The van der Waals surface area contributed by atoms with Crippen molar-refractivity contribution in [3.63, 3.8) is 0 Å². The summed E-state index contributed by atoms with van der Waals surface area (Å²) in [5.41, 5.74) is 0. The number of hydrogen-bond donors (Lipinski definition) is 2. The monoisotopic (exact) mass is 130 g/mol. The fourth-order valence-corrected chi connectivity index (χ4v) is 0.650. The Hall–Kier alpha value is -0.340. The minimum Gasteiger partial charge on any atom is -0.393 e. The van der Waals surface area contributed by atoms with Crippen LogP contribution in [0.5, 0.6) is 0 Å². The normalized spacial score (nSPS) is 18.2. The lowest BCUT2D eigenvalue weighted by molar-refractivity contribution is 0.116. The number of hydrogen-bond acceptors (Lipinski definition) is 2. The molecule has 0 aliphatic rings. The van der Waals surface area contributed by atoms with E-state index in [-0.39, 0.29) is 0 Å². The molecule has 9 heavy (non-hydrogen) atoms. The molecule has 2 unspecified atom stereocenters. The summed E-state index contributed by atoms with van der Waals surface area (Å²) >= 11 is 0. The van der Waals surface area contributed by atoms with Crippen molar-refractivity contribution in [2.24, 2.45) is 0 Å². The quantitative estimate of drug-likeness (QED) is 0.552. The number of rotatable bonds is 3. The minimum atomic E-state index is -0.491. The van der Waals surface area contributed by atoms with Crippen LogP contribution in [0, 0.1) is 0 Å². The van der Waals surface area contributed by atoms with E-state index in [2.05, 4.69) is 0 Å². The third kappa shape index (κ3) is 5.53. The average Bonchev–Trinajstić information content (AvgIpc) is 1.63. The first-order chi connectivity index (χ1) is 4.16. The molecule has 0 bridgehead atoms. The maximum Gasteiger partial charge on any atom is 0.0745 e. The van der Waals surface area contributed by atoms with E-state index in [1.807, 2.05) is 6.92 Å². The van der Waals surface area contributed by atoms with E-state index in [0.717, 1.165) is 0 Å². The molecule has 0 heterocycles. The molecule has 0 aromatic heterocycles. The van der Waals surface area contributed by atoms with Gasteiger partial charge in [-0.05, 0) is 13.8 Å². The third-order valence-electron chi connectivity index (χ3n) is 0.997. The molecular weight excluding hydrogens is 116 g/mol. The van der Waals surface area contributed by atoms with Gasteiger partial charge < -0.3 is 10.2 Å². The Morgan fingerprint density at radius 1 is 1.44 bits per heavy atom. The van der Waals surface area contributed by atoms with Gasteiger partial charge in [0.1, 0.15) is 0 Å². The van der Waals surface area contributed by atoms with Crippen molar-refractivity contribution in [2.75, 3.05) is 0 Å². The van der Waals surface area contributed by atoms with Crippen molar-refractivity contribution in [3.8, 4) is 0 Å². The second-order valence-corrected chi connectivity index (χ2v) is 2.18. The van der Waals surface area contributed by atoms with Crippen molar-refractivity contribution in [1.82, 2.24) is 0 Å². The van der Waals surface area contributed by atoms with E-state index in [1.54, 1.807) is 19.1 Å². The second-order valence-electron chi connectivity index (χ2n) is 2.18. The summed E-state index contributed by atoms with van der Waals surface area (Å²) in [4.78, 5) is 0. The molecule has 2 N–H and O–H groups in total. The molecule has 2 nitrogen and oxygen atoms in total. The predicted octanol–water partition coefficient (Wildman–Crippen LogP) is 0.694. The molecule has 0 saturated carbocycles. The average molecular weight is 130 g/mol. The zero-order valence-electron chi connectivity index (χ0n) is 5.91. The lowest BCUT2D eigenvalue weighted by atomic mass is 10.2. The number of aliphatic hydroxyl groups is 2. The van der Waals surface area contributed by atoms with Crippen LogP contribution in [0.4, 0.5) is 0 Å². The minimum absolute atomic E-state index is 0.420. The summed E-state index contributed by atoms with van der Waals surface area (Å²) in [6.07, 6.45) is 2.94. The first-order valence-electron chi connectivity index (χ1n) is 3.15. The van der Waals surface area contributed by atoms with Crippen molar-refractivity contribution in [3.05, 3.63) is 12.2 Å². The maximum atomic E-state index is 8.97. The molecule has 0 aliphatic carbocycles. The second kappa shape index (κ2) is 4.53. The summed E-state index contributed by atoms with van der Waals surface area (Å²) in [7, 11) is 0. The van der Waals surface area contributed by atoms with Crippen LogP contribution in [0.3, 0.4) is 0 Å². The van der Waals surface area contributed by atoms with Gasteiger partial charge in [-0.1, -0.05) is 12.2 Å². The molecule has 2 atom stereocenters. The lowest BCUT2D eigenvalue weighted by Gasteiger charge is -2.06. The molecule has 2 heteroatoms. The Morgan fingerprint density at radius 3 is 2.33 bits per heavy atom. The Bertz CT molecular complexity index is 86.9. The highest BCUT2D eigenvalue weighted by Gasteiger charge is 2.01. The number of allylic oxidation sites excluding steroid dienone is 1. The molecular formula is C7H14O2. The van der Waals surface area contributed by atoms with Gasteiger partial charge in [0, 0.05) is 6.42 Å². The van der Waals surface area contributed by atoms with Crippen LogP contribution in [0.1, 0.15) is 20.3 Å². The summed E-state index contributed by atoms with van der Waals surface area (Å²) in [6, 6.07) is 0. The maximum absolute atomic E-state index is 8.97. The van der Waals surface area contributed by atoms with Gasteiger partial charge in [-0.25, -0.2) is 0 Å². The Balaban J connectivity index is 3.38. The van der Waals surface area contributed by atoms with E-state index in [0.29, 0.717) is 6.42 Å². The van der Waals surface area contributed by atoms with Gasteiger partial charge in [0.15, 0.2) is 0 Å². The molecule has 0 aromatic rings. The summed E-state index contributed by atoms with van der Waals surface area (Å²) in [6.45, 7) is 3.50. The fourth-order valence-electron chi connectivity index (χ4n) is 0.650. The molecule has 0 radical (unpaired) electrons. The molecule has 0 spiro atoms. The largest absolute Gasteiger partial charge is 0.393 e. The van der Waals surface area contributed by atoms with E-state index in [9.17, 15) is 0 Å². The third-order valence-corrected chi connectivity index (χ3v) is 0.997. The lowest BCUT2D eigenvalue weighted by Crippen LogP contribution is -2.11. The molecule has 54 valence electrons. The molecule has 0 fully saturated rings. The van der Waals surface area contributed by atoms with Gasteiger partial charge in [0.05, 0.1) is 12.2 Å². The summed E-state index contributed by atoms with van der Waals surface area (Å²) in [5.74, 6) is 0. The van der Waals surface area contributed by atoms with E-state index in [1.165, 1.54) is 0 Å². The smallest absolute Gasteiger partial charge is 0.0745 e. The van der Waals surface area contributed by atoms with Gasteiger partial charge in [0.25, 0.3) is 0 Å². The van der Waals surface area contributed by atoms with Crippen molar-refractivity contribution >= 4 is 0 Å². The Kier molecular flexibility index (Phi) is 4.36. The van der Waals surface area contributed by atoms with Crippen LogP contribution in [-0.2, 0) is 0 Å². The SMILES string of the molecule is CC=CC(O)CC(C)O. The fraction of sp³-hybridized carbons (Fsp3) is 0.714. The van der Waals surface area contributed by atoms with Crippen molar-refractivity contribution in [1.29, 1.82) is 0 Å². The van der Waals surface area contributed by atoms with Gasteiger partial charge in [-0.15, -0.1) is 0 Å². The molecule has 0 amide bonds. The first-order valence-corrected chi connectivity index (χ1v) is 3.15. The highest BCUT2D eigenvalue weighted by Crippen LogP contribution is 1.97. The standard InChI is InChI=1S/C7H14O2/c1-3-4-7(9)5-6(2)8/h3-4,6-9H,5H2,1-2H3. The van der Waals surface area contributed by atoms with Crippen LogP contribution in [0.2, 0.25) is 0 Å². The molecule has 0 saturated heterocycles. The van der Waals surface area contributed by atoms with Crippen LogP contribution in [-0.4, -0.2) is 22.4 Å². The van der Waals surface area contributed by atoms with Crippen LogP contribution < -0.4 is 0 Å². The first kappa shape index (κ1) is 8.66. The molecule has 0 rings (SSSR count). The Labute approximate surface area is 55.8 Å². The van der Waals surface area contributed by atoms with Crippen LogP contribution >= 0.6 is 0 Å². The predicted molar refractivity (Wildman–Crippen MR) is 37.1 cm³/mol. The van der Waals surface area contributed by atoms with E-state index >= 15 is 0 Å². The van der Waals surface area contributed by atoms with Crippen molar-refractivity contribution < 1.29 is 10.2 Å². The topological polar surface area (TPSA) is 40.5 Å². The van der Waals surface area contributed by atoms with Gasteiger partial charge >= 0.3 is 0 Å². The van der Waals surface area contributed by atoms with Crippen LogP contribution in [0.25, 0.3) is 0 Å². The zero-order valence-corrected chi connectivity index (χ0v) is 5.91. The molecule has 0 aliphatic heterocycles. The zero-order chi connectivity index (χ0) is 7.28. The van der Waals surface area contributed by atoms with Crippen LogP contribution in [0.15, 0.2) is 12.2 Å². The van der Waals surface area contributed by atoms with Gasteiger partial charge in [-0.2, -0.15) is 0 Å². The number of aliphatic hydroxyl groups excluding tert-OH is 2. The molecule has 0 aromatic carbocycles. The van der Waals surface area contributed by atoms with Gasteiger partial charge in [-0.3, -0.25) is 0 Å².